The number of halogens is 2. The number of hydrogen-bond donors (Lipinski definition) is 2. The van der Waals surface area contributed by atoms with Crippen LogP contribution in [0.1, 0.15) is 5.56 Å². The van der Waals surface area contributed by atoms with Crippen molar-refractivity contribution in [3.8, 4) is 0 Å². The lowest BCUT2D eigenvalue weighted by molar-refractivity contribution is 0.583. The van der Waals surface area contributed by atoms with Gasteiger partial charge in [-0.05, 0) is 24.6 Å². The van der Waals surface area contributed by atoms with Crippen LogP contribution in [0.5, 0.6) is 0 Å². The van der Waals surface area contributed by atoms with Gasteiger partial charge in [-0.25, -0.2) is 17.2 Å². The van der Waals surface area contributed by atoms with Gasteiger partial charge in [0, 0.05) is 6.07 Å². The molecule has 0 amide bonds. The summed E-state index contributed by atoms with van der Waals surface area (Å²) >= 11 is 0. The summed E-state index contributed by atoms with van der Waals surface area (Å²) in [6.07, 6.45) is 0. The fraction of sp³-hybridized carbons (Fsp3) is 0.0769. The predicted molar refractivity (Wildman–Crippen MR) is 72.8 cm³/mol. The Labute approximate surface area is 115 Å². The monoisotopic (exact) mass is 298 g/mol. The summed E-state index contributed by atoms with van der Waals surface area (Å²) in [5.74, 6) is -1.95. The van der Waals surface area contributed by atoms with Gasteiger partial charge in [0.1, 0.15) is 11.5 Å². The Kier molecular flexibility index (Phi) is 3.63. The van der Waals surface area contributed by atoms with E-state index in [0.29, 0.717) is 11.6 Å². The van der Waals surface area contributed by atoms with Gasteiger partial charge in [-0.3, -0.25) is 4.72 Å². The minimum absolute atomic E-state index is 0.00289. The number of nitrogens with two attached hydrogens (primary N) is 1. The van der Waals surface area contributed by atoms with Crippen LogP contribution in [0.3, 0.4) is 0 Å². The number of aryl methyl sites for hydroxylation is 1. The van der Waals surface area contributed by atoms with E-state index < -0.39 is 27.3 Å². The first-order valence-corrected chi connectivity index (χ1v) is 7.12. The zero-order valence-electron chi connectivity index (χ0n) is 10.5. The number of nitrogen functional groups attached to an aromatic ring is 1. The van der Waals surface area contributed by atoms with Gasteiger partial charge < -0.3 is 5.73 Å². The Morgan fingerprint density at radius 3 is 2.40 bits per heavy atom. The Morgan fingerprint density at radius 2 is 1.80 bits per heavy atom. The zero-order valence-corrected chi connectivity index (χ0v) is 11.3. The lowest BCUT2D eigenvalue weighted by Crippen LogP contribution is -2.16. The first-order chi connectivity index (χ1) is 9.31. The maximum absolute atomic E-state index is 13.6. The van der Waals surface area contributed by atoms with Crippen LogP contribution in [0.4, 0.5) is 20.2 Å². The number of nitrogens with one attached hydrogen (secondary N) is 1. The smallest absolute Gasteiger partial charge is 0.262 e. The second-order valence-corrected chi connectivity index (χ2v) is 5.87. The highest BCUT2D eigenvalue weighted by molar-refractivity contribution is 7.92. The van der Waals surface area contributed by atoms with Gasteiger partial charge in [-0.1, -0.05) is 18.2 Å². The van der Waals surface area contributed by atoms with E-state index in [1.54, 1.807) is 25.1 Å². The third kappa shape index (κ3) is 2.72. The quantitative estimate of drug-likeness (QED) is 0.856. The number of hydrogen-bond acceptors (Lipinski definition) is 3. The summed E-state index contributed by atoms with van der Waals surface area (Å²) in [7, 11) is -3.99. The number of anilines is 2. The van der Waals surface area contributed by atoms with Gasteiger partial charge in [0.2, 0.25) is 0 Å². The van der Waals surface area contributed by atoms with Crippen molar-refractivity contribution in [3.63, 3.8) is 0 Å². The van der Waals surface area contributed by atoms with Crippen molar-refractivity contribution in [2.75, 3.05) is 10.5 Å². The molecule has 0 radical (unpaired) electrons. The summed E-state index contributed by atoms with van der Waals surface area (Å²) in [4.78, 5) is 0.00289. The molecule has 0 saturated carbocycles. The Balaban J connectivity index is 2.47. The zero-order chi connectivity index (χ0) is 14.9. The molecule has 2 aromatic carbocycles. The molecular weight excluding hydrogens is 286 g/mol. The van der Waals surface area contributed by atoms with E-state index in [4.69, 9.17) is 5.73 Å². The van der Waals surface area contributed by atoms with Crippen LogP contribution in [0, 0.1) is 18.6 Å². The molecule has 0 aliphatic carbocycles. The van der Waals surface area contributed by atoms with Crippen LogP contribution >= 0.6 is 0 Å². The Morgan fingerprint density at radius 1 is 1.15 bits per heavy atom. The standard InChI is InChI=1S/C13H12F2N2O2S/c1-8-4-2-3-5-12(8)20(18,19)17-13-10(15)6-9(14)7-11(13)16/h2-7,17H,16H2,1H3. The maximum Gasteiger partial charge on any atom is 0.262 e. The van der Waals surface area contributed by atoms with Crippen LogP contribution in [-0.2, 0) is 10.0 Å². The van der Waals surface area contributed by atoms with Gasteiger partial charge in [-0.2, -0.15) is 0 Å². The molecule has 4 nitrogen and oxygen atoms in total. The van der Waals surface area contributed by atoms with Crippen molar-refractivity contribution in [3.05, 3.63) is 53.6 Å². The first-order valence-electron chi connectivity index (χ1n) is 5.64. The van der Waals surface area contributed by atoms with Crippen molar-refractivity contribution >= 4 is 21.4 Å². The topological polar surface area (TPSA) is 72.2 Å². The average molecular weight is 298 g/mol. The van der Waals surface area contributed by atoms with Gasteiger partial charge in [0.15, 0.2) is 5.82 Å². The molecule has 0 unspecified atom stereocenters. The van der Waals surface area contributed by atoms with E-state index in [9.17, 15) is 17.2 Å². The SMILES string of the molecule is Cc1ccccc1S(=O)(=O)Nc1c(N)cc(F)cc1F. The van der Waals surface area contributed by atoms with Crippen LogP contribution in [-0.4, -0.2) is 8.42 Å². The lowest BCUT2D eigenvalue weighted by atomic mass is 10.2. The van der Waals surface area contributed by atoms with E-state index in [2.05, 4.69) is 0 Å². The number of benzene rings is 2. The summed E-state index contributed by atoms with van der Waals surface area (Å²) in [5, 5.41) is 0. The molecule has 0 fully saturated rings. The molecule has 0 atom stereocenters. The van der Waals surface area contributed by atoms with Crippen molar-refractivity contribution < 1.29 is 17.2 Å². The normalized spacial score (nSPS) is 11.3. The number of rotatable bonds is 3. The summed E-state index contributed by atoms with van der Waals surface area (Å²) in [6.45, 7) is 1.61. The molecular formula is C13H12F2N2O2S. The highest BCUT2D eigenvalue weighted by Crippen LogP contribution is 2.27. The number of sulfonamides is 1. The minimum Gasteiger partial charge on any atom is -0.397 e. The predicted octanol–water partition coefficient (Wildman–Crippen LogP) is 2.66. The van der Waals surface area contributed by atoms with Crippen LogP contribution in [0.15, 0.2) is 41.3 Å². The van der Waals surface area contributed by atoms with E-state index in [1.807, 2.05) is 4.72 Å². The van der Waals surface area contributed by atoms with E-state index in [-0.39, 0.29) is 10.6 Å². The van der Waals surface area contributed by atoms with E-state index in [1.165, 1.54) is 6.07 Å². The van der Waals surface area contributed by atoms with Gasteiger partial charge in [0.25, 0.3) is 10.0 Å². The molecule has 0 aliphatic rings. The van der Waals surface area contributed by atoms with E-state index >= 15 is 0 Å². The Bertz CT molecular complexity index is 738. The highest BCUT2D eigenvalue weighted by Gasteiger charge is 2.20. The third-order valence-electron chi connectivity index (χ3n) is 2.71. The van der Waals surface area contributed by atoms with Crippen molar-refractivity contribution in [2.24, 2.45) is 0 Å². The van der Waals surface area contributed by atoms with Gasteiger partial charge >= 0.3 is 0 Å². The minimum atomic E-state index is -3.99. The molecule has 2 aromatic rings. The molecule has 20 heavy (non-hydrogen) atoms. The highest BCUT2D eigenvalue weighted by atomic mass is 32.2. The van der Waals surface area contributed by atoms with Crippen LogP contribution in [0.2, 0.25) is 0 Å². The molecule has 7 heteroatoms. The molecule has 0 aliphatic heterocycles. The molecule has 3 N–H and O–H groups in total. The second-order valence-electron chi connectivity index (χ2n) is 4.22. The summed E-state index contributed by atoms with van der Waals surface area (Å²) in [6, 6.07) is 7.63. The van der Waals surface area contributed by atoms with Crippen molar-refractivity contribution in [1.29, 1.82) is 0 Å². The van der Waals surface area contributed by atoms with E-state index in [0.717, 1.165) is 6.07 Å². The molecule has 0 aromatic heterocycles. The largest absolute Gasteiger partial charge is 0.397 e. The molecule has 0 heterocycles. The van der Waals surface area contributed by atoms with Crippen LogP contribution in [0.25, 0.3) is 0 Å². The van der Waals surface area contributed by atoms with Crippen molar-refractivity contribution in [2.45, 2.75) is 11.8 Å². The van der Waals surface area contributed by atoms with Gasteiger partial charge in [0.05, 0.1) is 10.6 Å². The summed E-state index contributed by atoms with van der Waals surface area (Å²) in [5.41, 5.74) is 5.16. The van der Waals surface area contributed by atoms with Crippen LogP contribution < -0.4 is 10.5 Å². The average Bonchev–Trinajstić information content (AvgIpc) is 2.34. The molecule has 0 spiro atoms. The second kappa shape index (κ2) is 5.09. The third-order valence-corrected chi connectivity index (χ3v) is 4.21. The van der Waals surface area contributed by atoms with Gasteiger partial charge in [-0.15, -0.1) is 0 Å². The maximum atomic E-state index is 13.6. The fourth-order valence-electron chi connectivity index (χ4n) is 1.75. The molecule has 0 saturated heterocycles. The fourth-order valence-corrected chi connectivity index (χ4v) is 3.09. The molecule has 106 valence electrons. The molecule has 2 rings (SSSR count). The Hall–Kier alpha value is -2.15. The molecule has 0 bridgehead atoms. The van der Waals surface area contributed by atoms with Crippen molar-refractivity contribution in [1.82, 2.24) is 0 Å². The summed E-state index contributed by atoms with van der Waals surface area (Å²) < 4.78 is 53.0. The lowest BCUT2D eigenvalue weighted by Gasteiger charge is -2.12. The first kappa shape index (κ1) is 14.3.